The minimum atomic E-state index is 0.321. The summed E-state index contributed by atoms with van der Waals surface area (Å²) in [4.78, 5) is 11.5. The van der Waals surface area contributed by atoms with Crippen molar-refractivity contribution in [1.29, 1.82) is 0 Å². The molecule has 72 heavy (non-hydrogen) atoms. The molecule has 0 spiro atoms. The molecule has 2 unspecified atom stereocenters. The van der Waals surface area contributed by atoms with E-state index in [0.29, 0.717) is 11.8 Å². The van der Waals surface area contributed by atoms with Gasteiger partial charge in [-0.15, -0.1) is 23.1 Å². The van der Waals surface area contributed by atoms with Gasteiger partial charge in [0.1, 0.15) is 5.01 Å². The van der Waals surface area contributed by atoms with E-state index >= 15 is 0 Å². The van der Waals surface area contributed by atoms with Crippen LogP contribution in [-0.2, 0) is 6.42 Å². The Balaban J connectivity index is 0.943. The Hall–Kier alpha value is -6.92. The van der Waals surface area contributed by atoms with Gasteiger partial charge in [-0.05, 0) is 164 Å². The second-order valence-corrected chi connectivity index (χ2v) is 21.1. The Bertz CT molecular complexity index is 3310. The van der Waals surface area contributed by atoms with Crippen molar-refractivity contribution in [3.8, 4) is 10.6 Å². The number of thiazole rings is 1. The van der Waals surface area contributed by atoms with Gasteiger partial charge in [0.05, 0.1) is 15.9 Å². The van der Waals surface area contributed by atoms with Crippen LogP contribution in [0, 0.1) is 5.92 Å². The molecular formula is C67H65N3S2. The fraction of sp³-hybridized carbons (Fsp3) is 0.209. The summed E-state index contributed by atoms with van der Waals surface area (Å²) in [6, 6.07) is 33.3. The van der Waals surface area contributed by atoms with Crippen molar-refractivity contribution in [2.75, 3.05) is 16.1 Å². The van der Waals surface area contributed by atoms with Crippen LogP contribution >= 0.6 is 23.1 Å². The summed E-state index contributed by atoms with van der Waals surface area (Å²) in [7, 11) is 0. The first kappa shape index (κ1) is 48.7. The van der Waals surface area contributed by atoms with Gasteiger partial charge in [-0.2, -0.15) is 0 Å². The second kappa shape index (κ2) is 22.2. The molecule has 10 rings (SSSR count). The number of rotatable bonds is 13. The number of hydrogen-bond donors (Lipinski definition) is 0. The van der Waals surface area contributed by atoms with Crippen LogP contribution in [0.3, 0.4) is 0 Å². The molecule has 4 aromatic carbocycles. The van der Waals surface area contributed by atoms with Crippen LogP contribution in [0.25, 0.3) is 31.9 Å². The third-order valence-corrected chi connectivity index (χ3v) is 16.8. The van der Waals surface area contributed by atoms with Crippen molar-refractivity contribution in [2.24, 2.45) is 5.92 Å². The zero-order valence-electron chi connectivity index (χ0n) is 42.3. The van der Waals surface area contributed by atoms with Crippen LogP contribution in [0.5, 0.6) is 0 Å². The quantitative estimate of drug-likeness (QED) is 0.0865. The fourth-order valence-electron chi connectivity index (χ4n) is 11.1. The maximum Gasteiger partial charge on any atom is 0.124 e. The standard InChI is InChI=1S/C67H65N3S2/c1-7-9-35-65(71-6)47(4)53-28-20-29-54(42-53)49(22-8-2)26-19-23-46(3)69-61-34-21-27-50(36-37-55(61)43-56-44-66-60(45-64(56)69)68-67(72-66)52-24-13-12-14-25-52)51-38-40-59-48(5)58-32-17-18-33-62(58)70(63(59)41-39-51)57-30-15-10-11-16-31-57/h7-10,12-18,20-22,24-33,35,38-39,41-42,44-45,48,50H,1,3,11,19,23,34,36-37,40,43H2,2,4-6H3/b22-8-,27-21-,35-9-,49-26?,65-47-. The molecule has 2 atom stereocenters. The van der Waals surface area contributed by atoms with Crippen LogP contribution in [0.15, 0.2) is 246 Å². The van der Waals surface area contributed by atoms with E-state index in [4.69, 9.17) is 11.6 Å². The molecule has 1 aromatic heterocycles. The van der Waals surface area contributed by atoms with Gasteiger partial charge in [0.2, 0.25) is 0 Å². The van der Waals surface area contributed by atoms with Crippen molar-refractivity contribution in [1.82, 2.24) is 4.98 Å². The van der Waals surface area contributed by atoms with Gasteiger partial charge >= 0.3 is 0 Å². The third-order valence-electron chi connectivity index (χ3n) is 14.8. The topological polar surface area (TPSA) is 19.4 Å². The lowest BCUT2D eigenvalue weighted by Gasteiger charge is -2.38. The predicted octanol–water partition coefficient (Wildman–Crippen LogP) is 18.9. The maximum absolute atomic E-state index is 5.23. The van der Waals surface area contributed by atoms with Crippen LogP contribution in [-0.4, -0.2) is 11.2 Å². The average molecular weight is 976 g/mol. The van der Waals surface area contributed by atoms with Crippen molar-refractivity contribution >= 4 is 55.8 Å². The largest absolute Gasteiger partial charge is 0.318 e. The first-order valence-corrected chi connectivity index (χ1v) is 27.7. The van der Waals surface area contributed by atoms with E-state index in [9.17, 15) is 0 Å². The molecule has 0 N–H and O–H groups in total. The lowest BCUT2D eigenvalue weighted by molar-refractivity contribution is 0.649. The van der Waals surface area contributed by atoms with E-state index in [1.54, 1.807) is 23.1 Å². The van der Waals surface area contributed by atoms with Crippen LogP contribution in [0.4, 0.5) is 11.4 Å². The summed E-state index contributed by atoms with van der Waals surface area (Å²) in [5.74, 6) is 0.656. The lowest BCUT2D eigenvalue weighted by Crippen LogP contribution is -2.28. The fourth-order valence-corrected chi connectivity index (χ4v) is 12.7. The molecule has 360 valence electrons. The Morgan fingerprint density at radius 2 is 1.75 bits per heavy atom. The van der Waals surface area contributed by atoms with Crippen LogP contribution in [0.1, 0.15) is 93.9 Å². The summed E-state index contributed by atoms with van der Waals surface area (Å²) >= 11 is 3.56. The van der Waals surface area contributed by atoms with Gasteiger partial charge in [0.25, 0.3) is 0 Å². The smallest absolute Gasteiger partial charge is 0.124 e. The number of hydrogen-bond acceptors (Lipinski definition) is 5. The molecule has 3 heterocycles. The lowest BCUT2D eigenvalue weighted by atomic mass is 9.83. The maximum atomic E-state index is 5.23. The molecule has 3 nitrogen and oxygen atoms in total. The Morgan fingerprint density at radius 3 is 2.60 bits per heavy atom. The summed E-state index contributed by atoms with van der Waals surface area (Å²) in [5.41, 5.74) is 21.9. The minimum absolute atomic E-state index is 0.321. The van der Waals surface area contributed by atoms with Crippen molar-refractivity contribution in [2.45, 2.75) is 78.1 Å². The molecule has 0 saturated heterocycles. The molecule has 0 amide bonds. The number of benzene rings is 4. The highest BCUT2D eigenvalue weighted by Crippen LogP contribution is 2.48. The first-order chi connectivity index (χ1) is 35.3. The van der Waals surface area contributed by atoms with Gasteiger partial charge < -0.3 is 9.80 Å². The summed E-state index contributed by atoms with van der Waals surface area (Å²) in [5, 5.41) is 1.06. The van der Waals surface area contributed by atoms with Gasteiger partial charge in [-0.1, -0.05) is 160 Å². The number of thioether (sulfide) groups is 1. The normalized spacial score (nSPS) is 19.8. The molecular weight excluding hydrogens is 911 g/mol. The van der Waals surface area contributed by atoms with E-state index in [1.165, 1.54) is 88.2 Å². The van der Waals surface area contributed by atoms with E-state index in [1.807, 2.05) is 12.2 Å². The number of fused-ring (bicyclic) bond motifs is 3. The third kappa shape index (κ3) is 10.1. The zero-order valence-corrected chi connectivity index (χ0v) is 43.9. The Morgan fingerprint density at radius 1 is 0.903 bits per heavy atom. The van der Waals surface area contributed by atoms with E-state index in [0.717, 1.165) is 73.2 Å². The van der Waals surface area contributed by atoms with Crippen LogP contribution in [0.2, 0.25) is 0 Å². The Labute approximate surface area is 436 Å². The molecule has 0 radical (unpaired) electrons. The molecule has 2 aliphatic heterocycles. The van der Waals surface area contributed by atoms with Gasteiger partial charge in [0, 0.05) is 57.2 Å². The molecule has 3 aliphatic carbocycles. The molecule has 0 fully saturated rings. The highest BCUT2D eigenvalue weighted by Gasteiger charge is 2.33. The highest BCUT2D eigenvalue weighted by atomic mass is 32.2. The van der Waals surface area contributed by atoms with Crippen LogP contribution < -0.4 is 9.80 Å². The van der Waals surface area contributed by atoms with Gasteiger partial charge in [-0.3, -0.25) is 0 Å². The van der Waals surface area contributed by atoms with E-state index in [2.05, 4.69) is 219 Å². The Kier molecular flexibility index (Phi) is 15.0. The summed E-state index contributed by atoms with van der Waals surface area (Å²) in [6.07, 6.45) is 46.0. The van der Waals surface area contributed by atoms with E-state index < -0.39 is 0 Å². The van der Waals surface area contributed by atoms with Gasteiger partial charge in [0.15, 0.2) is 0 Å². The molecule has 0 bridgehead atoms. The second-order valence-electron chi connectivity index (χ2n) is 19.2. The first-order valence-electron chi connectivity index (χ1n) is 25.7. The average Bonchev–Trinajstić information content (AvgIpc) is 3.51. The number of anilines is 2. The minimum Gasteiger partial charge on any atom is -0.318 e. The summed E-state index contributed by atoms with van der Waals surface area (Å²) < 4.78 is 1.24. The van der Waals surface area contributed by atoms with Crippen molar-refractivity contribution < 1.29 is 0 Å². The zero-order chi connectivity index (χ0) is 49.6. The van der Waals surface area contributed by atoms with E-state index in [-0.39, 0.29) is 0 Å². The monoisotopic (exact) mass is 975 g/mol. The number of nitrogens with zero attached hydrogens (tertiary/aromatic N) is 3. The van der Waals surface area contributed by atoms with Crippen molar-refractivity contribution in [3.05, 3.63) is 268 Å². The predicted molar refractivity (Wildman–Crippen MR) is 315 cm³/mol. The van der Waals surface area contributed by atoms with Gasteiger partial charge in [-0.25, -0.2) is 4.98 Å². The molecule has 5 heteroatoms. The molecule has 5 aromatic rings. The SMILES string of the molecule is C=C/C=C\C(SC)=C(/C)c1cccc(C(=CCCC(=C)N2C3=C(CCC(C4=CCC5=C(C=C4)N(C4=CC=CCC=C4)c4ccccc4C5C)/C=C\C3)Cc3cc4sc(-c5ccccc5)nc4cc32)/C=C\C)c1. The number of aromatic nitrogens is 1. The van der Waals surface area contributed by atoms with Crippen molar-refractivity contribution in [3.63, 3.8) is 0 Å². The number of para-hydroxylation sites is 1. The summed E-state index contributed by atoms with van der Waals surface area (Å²) in [6.45, 7) is 15.5. The highest BCUT2D eigenvalue weighted by molar-refractivity contribution is 8.02. The number of allylic oxidation sites excluding steroid dienone is 22. The molecule has 0 saturated carbocycles. The molecule has 5 aliphatic rings.